The van der Waals surface area contributed by atoms with Crippen LogP contribution in [-0.4, -0.2) is 6.61 Å². The number of fused-ring (bicyclic) bond motifs is 1. The lowest BCUT2D eigenvalue weighted by Crippen LogP contribution is -2.11. The summed E-state index contributed by atoms with van der Waals surface area (Å²) in [6.45, 7) is 9.95. The molecule has 1 heteroatoms. The van der Waals surface area contributed by atoms with Crippen molar-refractivity contribution in [2.75, 3.05) is 6.61 Å². The van der Waals surface area contributed by atoms with Crippen LogP contribution in [0.3, 0.4) is 0 Å². The summed E-state index contributed by atoms with van der Waals surface area (Å²) in [5.41, 5.74) is 4.36. The molecule has 1 aromatic rings. The highest BCUT2D eigenvalue weighted by molar-refractivity contribution is 5.46. The minimum atomic E-state index is 0.577. The molecular weight excluding hydrogens is 196 g/mol. The molecule has 0 spiro atoms. The third kappa shape index (κ3) is 2.09. The van der Waals surface area contributed by atoms with Crippen LogP contribution < -0.4 is 4.74 Å². The minimum Gasteiger partial charge on any atom is -0.493 e. The highest BCUT2D eigenvalue weighted by Crippen LogP contribution is 2.34. The summed E-state index contributed by atoms with van der Waals surface area (Å²) in [6, 6.07) is 4.64. The van der Waals surface area contributed by atoms with Crippen molar-refractivity contribution in [1.29, 1.82) is 0 Å². The van der Waals surface area contributed by atoms with Crippen molar-refractivity contribution in [2.45, 2.75) is 52.4 Å². The van der Waals surface area contributed by atoms with Crippen LogP contribution in [0.15, 0.2) is 12.1 Å². The average Bonchev–Trinajstić information content (AvgIpc) is 2.27. The van der Waals surface area contributed by atoms with Gasteiger partial charge in [0.1, 0.15) is 5.75 Å². The van der Waals surface area contributed by atoms with Gasteiger partial charge >= 0.3 is 0 Å². The van der Waals surface area contributed by atoms with Crippen LogP contribution in [0.5, 0.6) is 5.75 Å². The molecule has 2 rings (SSSR count). The molecule has 0 saturated carbocycles. The Hall–Kier alpha value is -0.980. The van der Waals surface area contributed by atoms with Gasteiger partial charge in [0.2, 0.25) is 0 Å². The lowest BCUT2D eigenvalue weighted by atomic mass is 9.87. The zero-order valence-corrected chi connectivity index (χ0v) is 10.8. The maximum absolute atomic E-state index is 5.75. The largest absolute Gasteiger partial charge is 0.493 e. The first kappa shape index (κ1) is 11.5. The zero-order chi connectivity index (χ0) is 11.7. The predicted molar refractivity (Wildman–Crippen MR) is 68.4 cm³/mol. The van der Waals surface area contributed by atoms with Gasteiger partial charge in [-0.2, -0.15) is 0 Å². The van der Waals surface area contributed by atoms with Crippen LogP contribution in [0.2, 0.25) is 0 Å². The van der Waals surface area contributed by atoms with Crippen molar-refractivity contribution in [3.8, 4) is 5.75 Å². The Morgan fingerprint density at radius 3 is 2.25 bits per heavy atom. The third-order valence-electron chi connectivity index (χ3n) is 3.36. The molecule has 88 valence electrons. The summed E-state index contributed by atoms with van der Waals surface area (Å²) in [5.74, 6) is 2.30. The molecule has 0 N–H and O–H groups in total. The first-order valence-corrected chi connectivity index (χ1v) is 6.39. The van der Waals surface area contributed by atoms with Crippen molar-refractivity contribution < 1.29 is 4.74 Å². The quantitative estimate of drug-likeness (QED) is 0.720. The molecule has 0 radical (unpaired) electrons. The Bertz CT molecular complexity index is 340. The molecule has 0 unspecified atom stereocenters. The van der Waals surface area contributed by atoms with Gasteiger partial charge in [-0.15, -0.1) is 0 Å². The van der Waals surface area contributed by atoms with E-state index < -0.39 is 0 Å². The van der Waals surface area contributed by atoms with Gasteiger partial charge in [0.25, 0.3) is 0 Å². The number of ether oxygens (including phenoxy) is 1. The first-order valence-electron chi connectivity index (χ1n) is 6.39. The average molecular weight is 218 g/mol. The van der Waals surface area contributed by atoms with Crippen molar-refractivity contribution >= 4 is 0 Å². The highest BCUT2D eigenvalue weighted by atomic mass is 16.5. The van der Waals surface area contributed by atoms with E-state index in [1.807, 2.05) is 0 Å². The summed E-state index contributed by atoms with van der Waals surface area (Å²) >= 11 is 0. The molecule has 0 aliphatic carbocycles. The van der Waals surface area contributed by atoms with E-state index in [0.717, 1.165) is 18.8 Å². The van der Waals surface area contributed by atoms with Crippen molar-refractivity contribution in [1.82, 2.24) is 0 Å². The number of hydrogen-bond donors (Lipinski definition) is 0. The topological polar surface area (TPSA) is 9.23 Å². The predicted octanol–water partition coefficient (Wildman–Crippen LogP) is 4.26. The van der Waals surface area contributed by atoms with Crippen LogP contribution in [0.4, 0.5) is 0 Å². The molecule has 1 aliphatic rings. The lowest BCUT2D eigenvalue weighted by molar-refractivity contribution is 0.287. The van der Waals surface area contributed by atoms with Gasteiger partial charge in [-0.3, -0.25) is 0 Å². The fraction of sp³-hybridized carbons (Fsp3) is 0.600. The van der Waals surface area contributed by atoms with Crippen molar-refractivity contribution in [2.24, 2.45) is 0 Å². The molecule has 16 heavy (non-hydrogen) atoms. The molecule has 1 aromatic carbocycles. The van der Waals surface area contributed by atoms with Crippen LogP contribution in [0.25, 0.3) is 0 Å². The third-order valence-corrected chi connectivity index (χ3v) is 3.36. The first-order chi connectivity index (χ1) is 7.59. The van der Waals surface area contributed by atoms with E-state index in [-0.39, 0.29) is 0 Å². The van der Waals surface area contributed by atoms with E-state index in [1.54, 1.807) is 0 Å². The molecule has 0 amide bonds. The molecule has 0 aromatic heterocycles. The Morgan fingerprint density at radius 1 is 1.00 bits per heavy atom. The second kappa shape index (κ2) is 4.48. The Morgan fingerprint density at radius 2 is 1.62 bits per heavy atom. The summed E-state index contributed by atoms with van der Waals surface area (Å²) in [6.07, 6.45) is 2.33. The van der Waals surface area contributed by atoms with Crippen LogP contribution in [0.1, 0.15) is 62.6 Å². The number of aryl methyl sites for hydroxylation is 1. The fourth-order valence-electron chi connectivity index (χ4n) is 2.43. The minimum absolute atomic E-state index is 0.577. The monoisotopic (exact) mass is 218 g/mol. The number of hydrogen-bond acceptors (Lipinski definition) is 1. The summed E-state index contributed by atoms with van der Waals surface area (Å²) in [5, 5.41) is 0. The molecule has 0 fully saturated rings. The Labute approximate surface area is 98.8 Å². The number of rotatable bonds is 2. The molecule has 0 bridgehead atoms. The molecule has 1 heterocycles. The van der Waals surface area contributed by atoms with Gasteiger partial charge in [0.05, 0.1) is 6.61 Å². The van der Waals surface area contributed by atoms with Crippen LogP contribution in [0, 0.1) is 0 Å². The molecular formula is C15H22O. The Balaban J connectivity index is 2.50. The van der Waals surface area contributed by atoms with E-state index in [9.17, 15) is 0 Å². The standard InChI is InChI=1S/C15H22O/c1-10(2)13-8-12-6-5-7-16-15(12)9-14(13)11(3)4/h8-11H,5-7H2,1-4H3. The fourth-order valence-corrected chi connectivity index (χ4v) is 2.43. The lowest BCUT2D eigenvalue weighted by Gasteiger charge is -2.23. The van der Waals surface area contributed by atoms with Crippen LogP contribution in [-0.2, 0) is 6.42 Å². The van der Waals surface area contributed by atoms with E-state index >= 15 is 0 Å². The van der Waals surface area contributed by atoms with E-state index in [2.05, 4.69) is 39.8 Å². The van der Waals surface area contributed by atoms with E-state index in [0.29, 0.717) is 11.8 Å². The SMILES string of the molecule is CC(C)c1cc2c(cc1C(C)C)OCCC2. The molecule has 0 saturated heterocycles. The number of benzene rings is 1. The van der Waals surface area contributed by atoms with Crippen molar-refractivity contribution in [3.05, 3.63) is 28.8 Å². The maximum Gasteiger partial charge on any atom is 0.122 e. The van der Waals surface area contributed by atoms with Gasteiger partial charge in [0.15, 0.2) is 0 Å². The normalized spacial score (nSPS) is 15.1. The highest BCUT2D eigenvalue weighted by Gasteiger charge is 2.17. The summed E-state index contributed by atoms with van der Waals surface area (Å²) < 4.78 is 5.75. The Kier molecular flexibility index (Phi) is 3.22. The van der Waals surface area contributed by atoms with Gasteiger partial charge in [0, 0.05) is 0 Å². The second-order valence-electron chi connectivity index (χ2n) is 5.35. The summed E-state index contributed by atoms with van der Waals surface area (Å²) in [4.78, 5) is 0. The molecule has 0 atom stereocenters. The zero-order valence-electron chi connectivity index (χ0n) is 10.8. The molecule has 1 aliphatic heterocycles. The van der Waals surface area contributed by atoms with Crippen molar-refractivity contribution in [3.63, 3.8) is 0 Å². The van der Waals surface area contributed by atoms with Gasteiger partial charge < -0.3 is 4.74 Å². The molecule has 1 nitrogen and oxygen atoms in total. The van der Waals surface area contributed by atoms with E-state index in [1.165, 1.54) is 23.1 Å². The maximum atomic E-state index is 5.75. The second-order valence-corrected chi connectivity index (χ2v) is 5.35. The van der Waals surface area contributed by atoms with Crippen LogP contribution >= 0.6 is 0 Å². The van der Waals surface area contributed by atoms with Gasteiger partial charge in [-0.1, -0.05) is 33.8 Å². The van der Waals surface area contributed by atoms with Gasteiger partial charge in [-0.25, -0.2) is 0 Å². The smallest absolute Gasteiger partial charge is 0.122 e. The summed E-state index contributed by atoms with van der Waals surface area (Å²) in [7, 11) is 0. The van der Waals surface area contributed by atoms with Gasteiger partial charge in [-0.05, 0) is 47.4 Å². The van der Waals surface area contributed by atoms with E-state index in [4.69, 9.17) is 4.74 Å².